The van der Waals surface area contributed by atoms with E-state index in [-0.39, 0.29) is 33.7 Å². The first kappa shape index (κ1) is 22.9. The van der Waals surface area contributed by atoms with Crippen molar-refractivity contribution in [3.8, 4) is 0 Å². The van der Waals surface area contributed by atoms with Gasteiger partial charge in [0.05, 0.1) is 12.0 Å². The molecule has 0 heterocycles. The third-order valence-corrected chi connectivity index (χ3v) is 12.7. The van der Waals surface area contributed by atoms with E-state index >= 15 is 0 Å². The lowest BCUT2D eigenvalue weighted by Gasteiger charge is -2.70. The smallest absolute Gasteiger partial charge is 0.306 e. The van der Waals surface area contributed by atoms with E-state index in [9.17, 15) is 15.0 Å². The van der Waals surface area contributed by atoms with Crippen LogP contribution < -0.4 is 0 Å². The monoisotopic (exact) mass is 442 g/mol. The zero-order valence-corrected chi connectivity index (χ0v) is 21.3. The maximum absolute atomic E-state index is 12.1. The van der Waals surface area contributed by atoms with E-state index in [4.69, 9.17) is 0 Å². The van der Waals surface area contributed by atoms with Crippen LogP contribution in [-0.4, -0.2) is 22.3 Å². The van der Waals surface area contributed by atoms with Crippen molar-refractivity contribution in [2.45, 2.75) is 105 Å². The van der Waals surface area contributed by atoms with Crippen molar-refractivity contribution in [2.75, 3.05) is 0 Å². The number of fused-ring (bicyclic) bond motifs is 7. The fourth-order valence-electron chi connectivity index (χ4n) is 10.7. The molecule has 32 heavy (non-hydrogen) atoms. The maximum atomic E-state index is 12.1. The molecule has 10 atom stereocenters. The molecule has 3 heteroatoms. The second-order valence-corrected chi connectivity index (χ2v) is 13.9. The SMILES string of the molecule is CC1CCC(C(=O)O)C2CCC3(C)C(=CCC4C5(C)CCC(O)C(C)(C)C5CCC43C)C12. The third kappa shape index (κ3) is 2.72. The van der Waals surface area contributed by atoms with Crippen LogP contribution in [0.2, 0.25) is 0 Å². The van der Waals surface area contributed by atoms with Gasteiger partial charge in [0.2, 0.25) is 0 Å². The summed E-state index contributed by atoms with van der Waals surface area (Å²) in [6, 6.07) is 0. The molecule has 180 valence electrons. The minimum Gasteiger partial charge on any atom is -0.481 e. The van der Waals surface area contributed by atoms with Gasteiger partial charge in [-0.25, -0.2) is 0 Å². The molecule has 0 spiro atoms. The van der Waals surface area contributed by atoms with Gasteiger partial charge in [0.1, 0.15) is 0 Å². The lowest BCUT2D eigenvalue weighted by molar-refractivity contribution is -0.201. The van der Waals surface area contributed by atoms with Crippen molar-refractivity contribution < 1.29 is 15.0 Å². The number of aliphatic hydroxyl groups is 1. The molecular weight excluding hydrogens is 396 g/mol. The summed E-state index contributed by atoms with van der Waals surface area (Å²) in [4.78, 5) is 12.1. The fraction of sp³-hybridized carbons (Fsp3) is 0.897. The van der Waals surface area contributed by atoms with Crippen LogP contribution in [0, 0.1) is 57.2 Å². The first-order valence-electron chi connectivity index (χ1n) is 13.5. The van der Waals surface area contributed by atoms with Gasteiger partial charge in [-0.15, -0.1) is 0 Å². The number of aliphatic carboxylic acids is 1. The van der Waals surface area contributed by atoms with E-state index in [1.165, 1.54) is 12.8 Å². The molecule has 4 saturated carbocycles. The standard InChI is InChI=1S/C29H46O3/c1-17-7-8-19(25(31)32)18-11-15-28(5)20(24(17)18)9-10-22-27(4)14-13-23(30)26(2,3)21(27)12-16-29(22,28)6/h9,17-19,21-24,30H,7-8,10-16H2,1-6H3,(H,31,32). The van der Waals surface area contributed by atoms with Gasteiger partial charge < -0.3 is 10.2 Å². The molecule has 0 bridgehead atoms. The van der Waals surface area contributed by atoms with Gasteiger partial charge >= 0.3 is 5.97 Å². The molecule has 0 aromatic heterocycles. The van der Waals surface area contributed by atoms with Crippen LogP contribution in [0.3, 0.4) is 0 Å². The lowest BCUT2D eigenvalue weighted by Crippen LogP contribution is -2.64. The van der Waals surface area contributed by atoms with Crippen LogP contribution in [0.1, 0.15) is 99.3 Å². The Labute approximate surface area is 195 Å². The quantitative estimate of drug-likeness (QED) is 0.444. The molecule has 10 unspecified atom stereocenters. The Bertz CT molecular complexity index is 828. The van der Waals surface area contributed by atoms with Gasteiger partial charge in [0.15, 0.2) is 0 Å². The van der Waals surface area contributed by atoms with E-state index in [0.717, 1.165) is 44.9 Å². The molecule has 0 amide bonds. The molecule has 0 aromatic rings. The number of hydrogen-bond donors (Lipinski definition) is 2. The summed E-state index contributed by atoms with van der Waals surface area (Å²) in [6.07, 6.45) is 12.3. The number of rotatable bonds is 1. The highest BCUT2D eigenvalue weighted by Crippen LogP contribution is 2.74. The summed E-state index contributed by atoms with van der Waals surface area (Å²) in [5.41, 5.74) is 2.35. The number of carboxylic acid groups (broad SMARTS) is 1. The summed E-state index contributed by atoms with van der Waals surface area (Å²) < 4.78 is 0. The summed E-state index contributed by atoms with van der Waals surface area (Å²) in [5, 5.41) is 20.8. The molecule has 4 fully saturated rings. The predicted molar refractivity (Wildman–Crippen MR) is 128 cm³/mol. The third-order valence-electron chi connectivity index (χ3n) is 12.7. The summed E-state index contributed by atoms with van der Waals surface area (Å²) in [7, 11) is 0. The zero-order valence-electron chi connectivity index (χ0n) is 21.3. The first-order valence-corrected chi connectivity index (χ1v) is 13.5. The van der Waals surface area contributed by atoms with Crippen molar-refractivity contribution in [1.82, 2.24) is 0 Å². The van der Waals surface area contributed by atoms with Crippen LogP contribution in [0.4, 0.5) is 0 Å². The van der Waals surface area contributed by atoms with Crippen molar-refractivity contribution in [3.63, 3.8) is 0 Å². The average Bonchev–Trinajstić information content (AvgIpc) is 2.71. The molecule has 5 aliphatic carbocycles. The van der Waals surface area contributed by atoms with Crippen LogP contribution in [0.15, 0.2) is 11.6 Å². The van der Waals surface area contributed by atoms with Gasteiger partial charge in [-0.1, -0.05) is 53.2 Å². The second kappa shape index (κ2) is 7.09. The lowest BCUT2D eigenvalue weighted by atomic mass is 9.34. The molecule has 0 saturated heterocycles. The molecule has 0 aromatic carbocycles. The van der Waals surface area contributed by atoms with Gasteiger partial charge in [-0.05, 0) is 109 Å². The molecule has 3 nitrogen and oxygen atoms in total. The Morgan fingerprint density at radius 2 is 1.66 bits per heavy atom. The van der Waals surface area contributed by atoms with E-state index in [1.54, 1.807) is 5.57 Å². The van der Waals surface area contributed by atoms with Gasteiger partial charge in [0.25, 0.3) is 0 Å². The summed E-state index contributed by atoms with van der Waals surface area (Å²) >= 11 is 0. The number of allylic oxidation sites excluding steroid dienone is 2. The van der Waals surface area contributed by atoms with Crippen molar-refractivity contribution in [3.05, 3.63) is 11.6 Å². The van der Waals surface area contributed by atoms with Crippen molar-refractivity contribution in [2.24, 2.45) is 57.2 Å². The fourth-order valence-corrected chi connectivity index (χ4v) is 10.7. The highest BCUT2D eigenvalue weighted by Gasteiger charge is 2.67. The predicted octanol–water partition coefficient (Wildman–Crippen LogP) is 6.70. The van der Waals surface area contributed by atoms with E-state index in [0.29, 0.717) is 29.6 Å². The Morgan fingerprint density at radius 1 is 0.938 bits per heavy atom. The molecule has 5 aliphatic rings. The average molecular weight is 443 g/mol. The largest absolute Gasteiger partial charge is 0.481 e. The second-order valence-electron chi connectivity index (χ2n) is 13.9. The molecule has 2 N–H and O–H groups in total. The molecule has 0 aliphatic heterocycles. The molecule has 5 rings (SSSR count). The topological polar surface area (TPSA) is 57.5 Å². The number of carboxylic acids is 1. The van der Waals surface area contributed by atoms with E-state index in [1.807, 2.05) is 0 Å². The maximum Gasteiger partial charge on any atom is 0.306 e. The van der Waals surface area contributed by atoms with Crippen LogP contribution in [0.5, 0.6) is 0 Å². The Balaban J connectivity index is 1.56. The normalized spacial score (nSPS) is 54.3. The number of hydrogen-bond acceptors (Lipinski definition) is 2. The van der Waals surface area contributed by atoms with Gasteiger partial charge in [-0.2, -0.15) is 0 Å². The Kier molecular flexibility index (Phi) is 5.08. The number of aliphatic hydroxyl groups excluding tert-OH is 1. The Morgan fingerprint density at radius 3 is 2.34 bits per heavy atom. The zero-order chi connectivity index (χ0) is 23.3. The minimum atomic E-state index is -0.563. The van der Waals surface area contributed by atoms with Crippen LogP contribution >= 0.6 is 0 Å². The first-order chi connectivity index (χ1) is 14.9. The summed E-state index contributed by atoms with van der Waals surface area (Å²) in [6.45, 7) is 14.7. The Hall–Kier alpha value is -0.830. The molecule has 0 radical (unpaired) electrons. The van der Waals surface area contributed by atoms with Gasteiger partial charge in [-0.3, -0.25) is 4.79 Å². The van der Waals surface area contributed by atoms with Gasteiger partial charge in [0, 0.05) is 0 Å². The van der Waals surface area contributed by atoms with E-state index in [2.05, 4.69) is 47.6 Å². The van der Waals surface area contributed by atoms with E-state index < -0.39 is 5.97 Å². The molecular formula is C29H46O3. The highest BCUT2D eigenvalue weighted by molar-refractivity contribution is 5.70. The highest BCUT2D eigenvalue weighted by atomic mass is 16.4. The van der Waals surface area contributed by atoms with Crippen molar-refractivity contribution >= 4 is 5.97 Å². The van der Waals surface area contributed by atoms with Crippen LogP contribution in [0.25, 0.3) is 0 Å². The number of carbonyl (C=O) groups is 1. The van der Waals surface area contributed by atoms with Crippen molar-refractivity contribution in [1.29, 1.82) is 0 Å². The summed E-state index contributed by atoms with van der Waals surface area (Å²) in [5.74, 6) is 1.89. The van der Waals surface area contributed by atoms with Crippen LogP contribution in [-0.2, 0) is 4.79 Å². The minimum absolute atomic E-state index is 0.0104.